The van der Waals surface area contributed by atoms with Gasteiger partial charge in [-0.15, -0.1) is 0 Å². The van der Waals surface area contributed by atoms with Crippen LogP contribution < -0.4 is 5.32 Å². The summed E-state index contributed by atoms with van der Waals surface area (Å²) in [5.74, 6) is -3.10. The molecular weight excluding hydrogens is 626 g/mol. The van der Waals surface area contributed by atoms with Gasteiger partial charge in [-0.2, -0.15) is 26.3 Å². The number of halogens is 6. The molecule has 0 bridgehead atoms. The summed E-state index contributed by atoms with van der Waals surface area (Å²) in [6.07, 6.45) is -10.2. The van der Waals surface area contributed by atoms with Crippen LogP contribution in [0.1, 0.15) is 24.0 Å². The minimum atomic E-state index is -5.10. The number of pyridine rings is 1. The number of hydrogen-bond acceptors (Lipinski definition) is 5. The molecule has 13 heteroatoms. The smallest absolute Gasteiger partial charge is 0.403 e. The van der Waals surface area contributed by atoms with Gasteiger partial charge in [0.25, 0.3) is 0 Å². The van der Waals surface area contributed by atoms with Crippen LogP contribution in [-0.2, 0) is 22.6 Å². The molecule has 1 aliphatic heterocycles. The molecule has 7 nitrogen and oxygen atoms in total. The Labute approximate surface area is 267 Å². The number of carboxylic acids is 1. The minimum Gasteiger partial charge on any atom is -0.480 e. The fourth-order valence-electron chi connectivity index (χ4n) is 6.43. The molecule has 2 heterocycles. The van der Waals surface area contributed by atoms with Gasteiger partial charge in [-0.1, -0.05) is 54.6 Å². The standard InChI is InChI=1S/C34H34F6N4O3/c1-43(2)19-22-7-4-10-26-24(22)12-15-41-29(26)27-11-5-8-23-21(6-3-9-25(23)27)18-28(30(45)46)42-31(47)32(34(38,39)40)13-16-44(17-14-32)20-33(35,36)37/h3-12,15,28H,13-14,16-20H2,1-2H3,(H,42,47)(H,45,46)/t28-/m0/s1. The third kappa shape index (κ3) is 7.20. The van der Waals surface area contributed by atoms with E-state index in [0.29, 0.717) is 23.2 Å². The topological polar surface area (TPSA) is 85.8 Å². The summed E-state index contributed by atoms with van der Waals surface area (Å²) < 4.78 is 81.5. The van der Waals surface area contributed by atoms with E-state index in [1.165, 1.54) is 0 Å². The first-order valence-corrected chi connectivity index (χ1v) is 15.0. The number of carbonyl (C=O) groups is 2. The maximum absolute atomic E-state index is 14.3. The largest absolute Gasteiger partial charge is 0.480 e. The summed E-state index contributed by atoms with van der Waals surface area (Å²) in [7, 11) is 3.95. The highest BCUT2D eigenvalue weighted by atomic mass is 19.4. The predicted octanol–water partition coefficient (Wildman–Crippen LogP) is 6.44. The summed E-state index contributed by atoms with van der Waals surface area (Å²) in [4.78, 5) is 33.1. The molecule has 1 amide bonds. The second-order valence-electron chi connectivity index (χ2n) is 12.3. The molecule has 0 aliphatic carbocycles. The van der Waals surface area contributed by atoms with Gasteiger partial charge >= 0.3 is 18.3 Å². The van der Waals surface area contributed by atoms with E-state index in [0.717, 1.165) is 32.2 Å². The van der Waals surface area contributed by atoms with Crippen LogP contribution >= 0.6 is 0 Å². The number of fused-ring (bicyclic) bond motifs is 2. The lowest BCUT2D eigenvalue weighted by molar-refractivity contribution is -0.236. The van der Waals surface area contributed by atoms with Gasteiger partial charge in [0.05, 0.1) is 12.2 Å². The lowest BCUT2D eigenvalue weighted by atomic mass is 9.76. The molecule has 4 aromatic rings. The van der Waals surface area contributed by atoms with Crippen molar-refractivity contribution in [2.75, 3.05) is 33.7 Å². The summed E-state index contributed by atoms with van der Waals surface area (Å²) in [6, 6.07) is 16.8. The van der Waals surface area contributed by atoms with Crippen molar-refractivity contribution in [3.05, 3.63) is 78.0 Å². The molecule has 0 unspecified atom stereocenters. The van der Waals surface area contributed by atoms with E-state index in [1.54, 1.807) is 30.5 Å². The quantitative estimate of drug-likeness (QED) is 0.201. The number of piperidine rings is 1. The number of rotatable bonds is 9. The Morgan fingerprint density at radius 1 is 0.894 bits per heavy atom. The molecule has 1 atom stereocenters. The number of nitrogens with zero attached hydrogens (tertiary/aromatic N) is 3. The van der Waals surface area contributed by atoms with E-state index in [-0.39, 0.29) is 6.42 Å². The molecule has 5 rings (SSSR count). The second kappa shape index (κ2) is 13.1. The van der Waals surface area contributed by atoms with Crippen molar-refractivity contribution in [2.45, 2.75) is 44.2 Å². The van der Waals surface area contributed by atoms with Crippen LogP contribution in [0.25, 0.3) is 32.8 Å². The van der Waals surface area contributed by atoms with Crippen LogP contribution in [0.2, 0.25) is 0 Å². The average Bonchev–Trinajstić information content (AvgIpc) is 2.99. The highest BCUT2D eigenvalue weighted by Gasteiger charge is 2.61. The first-order chi connectivity index (χ1) is 22.1. The SMILES string of the molecule is CN(C)Cc1cccc2c(-c3cccc4c(C[C@H](NC(=O)C5(C(F)(F)F)CCN(CC(F)(F)F)CC5)C(=O)O)cccc34)nccc12. The molecule has 250 valence electrons. The molecule has 1 aliphatic rings. The number of carbonyl (C=O) groups excluding carboxylic acids is 1. The number of alkyl halides is 6. The molecule has 0 radical (unpaired) electrons. The van der Waals surface area contributed by atoms with Crippen LogP contribution in [0.3, 0.4) is 0 Å². The van der Waals surface area contributed by atoms with E-state index in [1.807, 2.05) is 50.5 Å². The van der Waals surface area contributed by atoms with E-state index in [2.05, 4.69) is 15.2 Å². The number of nitrogens with one attached hydrogen (secondary N) is 1. The van der Waals surface area contributed by atoms with E-state index in [4.69, 9.17) is 0 Å². The molecule has 1 aromatic heterocycles. The predicted molar refractivity (Wildman–Crippen MR) is 166 cm³/mol. The molecule has 1 saturated heterocycles. The van der Waals surface area contributed by atoms with Gasteiger partial charge < -0.3 is 15.3 Å². The molecular formula is C34H34F6N4O3. The molecule has 0 saturated carbocycles. The summed E-state index contributed by atoms with van der Waals surface area (Å²) in [6.45, 7) is -1.91. The second-order valence-corrected chi connectivity index (χ2v) is 12.3. The first-order valence-electron chi connectivity index (χ1n) is 15.0. The fraction of sp³-hybridized carbons (Fsp3) is 0.382. The van der Waals surface area contributed by atoms with Gasteiger partial charge in [0.1, 0.15) is 11.5 Å². The van der Waals surface area contributed by atoms with Crippen molar-refractivity contribution in [3.63, 3.8) is 0 Å². The zero-order valence-corrected chi connectivity index (χ0v) is 25.8. The van der Waals surface area contributed by atoms with Crippen LogP contribution in [0.15, 0.2) is 66.9 Å². The van der Waals surface area contributed by atoms with Crippen LogP contribution in [0.4, 0.5) is 26.3 Å². The normalized spacial score (nSPS) is 16.4. The van der Waals surface area contributed by atoms with Crippen molar-refractivity contribution >= 4 is 33.4 Å². The Bertz CT molecular complexity index is 1780. The average molecular weight is 661 g/mol. The third-order valence-electron chi connectivity index (χ3n) is 8.77. The van der Waals surface area contributed by atoms with Crippen LogP contribution in [0.5, 0.6) is 0 Å². The number of benzene rings is 3. The molecule has 2 N–H and O–H groups in total. The number of aromatic nitrogens is 1. The Balaban J connectivity index is 1.45. The lowest BCUT2D eigenvalue weighted by Crippen LogP contribution is -2.59. The lowest BCUT2D eigenvalue weighted by Gasteiger charge is -2.42. The zero-order valence-electron chi connectivity index (χ0n) is 25.8. The number of likely N-dealkylation sites (tertiary alicyclic amines) is 1. The molecule has 1 fully saturated rings. The van der Waals surface area contributed by atoms with Gasteiger partial charge in [0, 0.05) is 30.1 Å². The van der Waals surface area contributed by atoms with E-state index in [9.17, 15) is 41.0 Å². The minimum absolute atomic E-state index is 0.327. The van der Waals surface area contributed by atoms with Crippen LogP contribution in [-0.4, -0.2) is 83.9 Å². The fourth-order valence-corrected chi connectivity index (χ4v) is 6.43. The first kappa shape index (κ1) is 34.1. The number of aliphatic carboxylic acids is 1. The number of amides is 1. The van der Waals surface area contributed by atoms with Crippen molar-refractivity contribution in [1.82, 2.24) is 20.1 Å². The van der Waals surface area contributed by atoms with Crippen molar-refractivity contribution in [2.24, 2.45) is 5.41 Å². The summed E-state index contributed by atoms with van der Waals surface area (Å²) in [5.41, 5.74) is 0.0547. The van der Waals surface area contributed by atoms with Gasteiger partial charge in [0.2, 0.25) is 5.91 Å². The Morgan fingerprint density at radius 3 is 2.11 bits per heavy atom. The molecule has 0 spiro atoms. The third-order valence-corrected chi connectivity index (χ3v) is 8.77. The zero-order chi connectivity index (χ0) is 34.1. The number of carboxylic acid groups (broad SMARTS) is 1. The van der Waals surface area contributed by atoms with Gasteiger partial charge in [0.15, 0.2) is 0 Å². The highest BCUT2D eigenvalue weighted by molar-refractivity contribution is 6.05. The van der Waals surface area contributed by atoms with E-state index < -0.39 is 68.2 Å². The Hall–Kier alpha value is -4.23. The van der Waals surface area contributed by atoms with Crippen molar-refractivity contribution in [1.29, 1.82) is 0 Å². The van der Waals surface area contributed by atoms with Crippen molar-refractivity contribution in [3.8, 4) is 11.3 Å². The Morgan fingerprint density at radius 2 is 1.49 bits per heavy atom. The summed E-state index contributed by atoms with van der Waals surface area (Å²) in [5, 5.41) is 15.4. The van der Waals surface area contributed by atoms with Gasteiger partial charge in [-0.05, 0) is 73.4 Å². The maximum Gasteiger partial charge on any atom is 0.403 e. The van der Waals surface area contributed by atoms with Crippen molar-refractivity contribution < 1.29 is 41.0 Å². The highest BCUT2D eigenvalue weighted by Crippen LogP contribution is 2.47. The van der Waals surface area contributed by atoms with Gasteiger partial charge in [-0.25, -0.2) is 4.79 Å². The van der Waals surface area contributed by atoms with Gasteiger partial charge in [-0.3, -0.25) is 14.7 Å². The molecule has 3 aromatic carbocycles. The maximum atomic E-state index is 14.3. The van der Waals surface area contributed by atoms with Crippen LogP contribution in [0, 0.1) is 5.41 Å². The number of hydrogen-bond donors (Lipinski definition) is 2. The molecule has 47 heavy (non-hydrogen) atoms. The Kier molecular flexibility index (Phi) is 9.52. The monoisotopic (exact) mass is 660 g/mol. The van der Waals surface area contributed by atoms with E-state index >= 15 is 0 Å². The summed E-state index contributed by atoms with van der Waals surface area (Å²) >= 11 is 0.